The predicted octanol–water partition coefficient (Wildman–Crippen LogP) is -0.228. The fraction of sp³-hybridized carbons (Fsp3) is 0.556. The third-order valence-electron chi connectivity index (χ3n) is 1.81. The van der Waals surface area contributed by atoms with Crippen LogP contribution in [0.3, 0.4) is 0 Å². The summed E-state index contributed by atoms with van der Waals surface area (Å²) in [7, 11) is 0. The van der Waals surface area contributed by atoms with Crippen LogP contribution in [0.2, 0.25) is 0 Å². The molecule has 0 aromatic carbocycles. The van der Waals surface area contributed by atoms with E-state index >= 15 is 0 Å². The number of aliphatic hydroxyl groups is 1. The second-order valence-corrected chi connectivity index (χ2v) is 2.98. The first-order valence-corrected chi connectivity index (χ1v) is 4.66. The molecular formula is C9H15N3O2. The minimum absolute atomic E-state index is 0.00662. The Morgan fingerprint density at radius 1 is 1.57 bits per heavy atom. The van der Waals surface area contributed by atoms with Gasteiger partial charge in [-0.1, -0.05) is 0 Å². The van der Waals surface area contributed by atoms with Gasteiger partial charge in [0.15, 0.2) is 0 Å². The lowest BCUT2D eigenvalue weighted by Gasteiger charge is -2.04. The van der Waals surface area contributed by atoms with Crippen molar-refractivity contribution in [1.82, 2.24) is 14.9 Å². The van der Waals surface area contributed by atoms with Crippen LogP contribution in [0, 0.1) is 0 Å². The smallest absolute Gasteiger partial charge is 0.221 e. The first-order valence-electron chi connectivity index (χ1n) is 4.66. The van der Waals surface area contributed by atoms with Gasteiger partial charge in [-0.3, -0.25) is 4.79 Å². The summed E-state index contributed by atoms with van der Waals surface area (Å²) in [5.74, 6) is 0.00662. The molecule has 1 amide bonds. The molecule has 1 heterocycles. The largest absolute Gasteiger partial charge is 0.396 e. The molecule has 0 bridgehead atoms. The summed E-state index contributed by atoms with van der Waals surface area (Å²) in [6.45, 7) is 1.30. The van der Waals surface area contributed by atoms with Crippen LogP contribution in [-0.2, 0) is 11.3 Å². The zero-order valence-electron chi connectivity index (χ0n) is 8.02. The Bertz CT molecular complexity index is 259. The summed E-state index contributed by atoms with van der Waals surface area (Å²) in [6, 6.07) is 0. The summed E-state index contributed by atoms with van der Waals surface area (Å²) >= 11 is 0. The zero-order chi connectivity index (χ0) is 10.2. The maximum Gasteiger partial charge on any atom is 0.221 e. The molecule has 0 aliphatic heterocycles. The molecule has 0 fully saturated rings. The van der Waals surface area contributed by atoms with Crippen molar-refractivity contribution < 1.29 is 9.90 Å². The second-order valence-electron chi connectivity index (χ2n) is 2.98. The Labute approximate surface area is 82.8 Å². The molecule has 0 spiro atoms. The van der Waals surface area contributed by atoms with Crippen molar-refractivity contribution in [3.63, 3.8) is 0 Å². The topological polar surface area (TPSA) is 67.2 Å². The van der Waals surface area contributed by atoms with Gasteiger partial charge >= 0.3 is 0 Å². The van der Waals surface area contributed by atoms with E-state index in [-0.39, 0.29) is 12.5 Å². The maximum absolute atomic E-state index is 11.2. The number of aryl methyl sites for hydroxylation is 1. The van der Waals surface area contributed by atoms with E-state index in [9.17, 15) is 4.79 Å². The van der Waals surface area contributed by atoms with Crippen LogP contribution in [-0.4, -0.2) is 33.7 Å². The minimum Gasteiger partial charge on any atom is -0.396 e. The number of rotatable bonds is 6. The Morgan fingerprint density at radius 3 is 3.07 bits per heavy atom. The molecule has 5 nitrogen and oxygen atoms in total. The van der Waals surface area contributed by atoms with Gasteiger partial charge < -0.3 is 15.0 Å². The molecule has 1 aromatic heterocycles. The highest BCUT2D eigenvalue weighted by Crippen LogP contribution is 1.90. The van der Waals surface area contributed by atoms with Crippen molar-refractivity contribution in [1.29, 1.82) is 0 Å². The van der Waals surface area contributed by atoms with Gasteiger partial charge in [-0.15, -0.1) is 0 Å². The predicted molar refractivity (Wildman–Crippen MR) is 51.6 cm³/mol. The van der Waals surface area contributed by atoms with Crippen LogP contribution in [0.1, 0.15) is 12.8 Å². The molecule has 0 radical (unpaired) electrons. The minimum atomic E-state index is 0.00662. The van der Waals surface area contributed by atoms with E-state index in [1.165, 1.54) is 0 Å². The Kier molecular flexibility index (Phi) is 4.71. The monoisotopic (exact) mass is 197 g/mol. The molecule has 14 heavy (non-hydrogen) atoms. The number of hydrogen-bond acceptors (Lipinski definition) is 3. The van der Waals surface area contributed by atoms with Crippen molar-refractivity contribution in [2.75, 3.05) is 13.2 Å². The summed E-state index contributed by atoms with van der Waals surface area (Å²) in [5, 5.41) is 11.2. The highest BCUT2D eigenvalue weighted by atomic mass is 16.3. The number of nitrogens with one attached hydrogen (secondary N) is 1. The van der Waals surface area contributed by atoms with Crippen LogP contribution in [0.15, 0.2) is 18.7 Å². The van der Waals surface area contributed by atoms with Crippen LogP contribution in [0.5, 0.6) is 0 Å². The van der Waals surface area contributed by atoms with E-state index < -0.39 is 0 Å². The third-order valence-corrected chi connectivity index (χ3v) is 1.81. The third kappa shape index (κ3) is 4.04. The van der Waals surface area contributed by atoms with E-state index in [4.69, 9.17) is 5.11 Å². The van der Waals surface area contributed by atoms with Gasteiger partial charge in [0.2, 0.25) is 5.91 Å². The van der Waals surface area contributed by atoms with Gasteiger partial charge in [0.25, 0.3) is 0 Å². The van der Waals surface area contributed by atoms with Crippen LogP contribution >= 0.6 is 0 Å². The average Bonchev–Trinajstić information content (AvgIpc) is 2.68. The molecule has 0 aliphatic rings. The Balaban J connectivity index is 2.09. The number of amides is 1. The number of aliphatic hydroxyl groups excluding tert-OH is 1. The molecule has 5 heteroatoms. The van der Waals surface area contributed by atoms with Gasteiger partial charge in [-0.25, -0.2) is 4.98 Å². The molecule has 0 saturated heterocycles. The number of aromatic nitrogens is 2. The second kappa shape index (κ2) is 6.15. The lowest BCUT2D eigenvalue weighted by atomic mass is 10.3. The highest BCUT2D eigenvalue weighted by Gasteiger charge is 1.99. The quantitative estimate of drug-likeness (QED) is 0.619. The summed E-state index contributed by atoms with van der Waals surface area (Å²) in [6.07, 6.45) is 6.24. The summed E-state index contributed by atoms with van der Waals surface area (Å²) in [4.78, 5) is 15.1. The van der Waals surface area contributed by atoms with Gasteiger partial charge in [0, 0.05) is 38.5 Å². The average molecular weight is 197 g/mol. The summed E-state index contributed by atoms with van der Waals surface area (Å²) in [5.41, 5.74) is 0. The van der Waals surface area contributed by atoms with E-state index in [1.807, 2.05) is 10.8 Å². The van der Waals surface area contributed by atoms with Gasteiger partial charge in [-0.2, -0.15) is 0 Å². The van der Waals surface area contributed by atoms with Crippen molar-refractivity contribution in [3.05, 3.63) is 18.7 Å². The molecular weight excluding hydrogens is 182 g/mol. The molecule has 0 unspecified atom stereocenters. The van der Waals surface area contributed by atoms with Crippen molar-refractivity contribution in [3.8, 4) is 0 Å². The highest BCUT2D eigenvalue weighted by molar-refractivity contribution is 5.75. The van der Waals surface area contributed by atoms with Gasteiger partial charge in [-0.05, 0) is 6.42 Å². The first kappa shape index (κ1) is 10.7. The number of carbonyl (C=O) groups excluding carboxylic acids is 1. The first-order chi connectivity index (χ1) is 6.83. The molecule has 2 N–H and O–H groups in total. The number of carbonyl (C=O) groups is 1. The molecule has 0 aliphatic carbocycles. The maximum atomic E-state index is 11.2. The van der Waals surface area contributed by atoms with E-state index in [0.29, 0.717) is 25.9 Å². The molecule has 1 aromatic rings. The summed E-state index contributed by atoms with van der Waals surface area (Å²) < 4.78 is 1.85. The van der Waals surface area contributed by atoms with Gasteiger partial charge in [0.05, 0.1) is 6.33 Å². The lowest BCUT2D eigenvalue weighted by molar-refractivity contribution is -0.121. The molecule has 0 saturated carbocycles. The number of nitrogens with zero attached hydrogens (tertiary/aromatic N) is 2. The van der Waals surface area contributed by atoms with Crippen LogP contribution in [0.25, 0.3) is 0 Å². The number of hydrogen-bond donors (Lipinski definition) is 2. The van der Waals surface area contributed by atoms with E-state index in [2.05, 4.69) is 10.3 Å². The van der Waals surface area contributed by atoms with Crippen molar-refractivity contribution in [2.45, 2.75) is 19.4 Å². The molecule has 1 rings (SSSR count). The van der Waals surface area contributed by atoms with Crippen LogP contribution < -0.4 is 5.32 Å². The fourth-order valence-electron chi connectivity index (χ4n) is 1.04. The normalized spacial score (nSPS) is 10.1. The van der Waals surface area contributed by atoms with Gasteiger partial charge in [0.1, 0.15) is 0 Å². The van der Waals surface area contributed by atoms with E-state index in [0.717, 1.165) is 0 Å². The van der Waals surface area contributed by atoms with E-state index in [1.54, 1.807) is 12.5 Å². The standard InChI is InChI=1S/C9H15N3O2/c13-7-1-3-11-9(14)2-5-12-6-4-10-8-12/h4,6,8,13H,1-3,5,7H2,(H,11,14). The molecule has 0 atom stereocenters. The zero-order valence-corrected chi connectivity index (χ0v) is 8.02. The van der Waals surface area contributed by atoms with Crippen molar-refractivity contribution in [2.24, 2.45) is 0 Å². The Morgan fingerprint density at radius 2 is 2.43 bits per heavy atom. The number of imidazole rings is 1. The SMILES string of the molecule is O=C(CCn1ccnc1)NCCCO. The lowest BCUT2D eigenvalue weighted by Crippen LogP contribution is -2.25. The van der Waals surface area contributed by atoms with Crippen molar-refractivity contribution >= 4 is 5.91 Å². The fourth-order valence-corrected chi connectivity index (χ4v) is 1.04. The van der Waals surface area contributed by atoms with Crippen LogP contribution in [0.4, 0.5) is 0 Å². The molecule has 78 valence electrons. The Hall–Kier alpha value is -1.36.